The second-order valence-corrected chi connectivity index (χ2v) is 13.7. The molecule has 0 radical (unpaired) electrons. The molecule has 48 heavy (non-hydrogen) atoms. The third-order valence-electron chi connectivity index (χ3n) is 10.4. The number of aromatic nitrogens is 2. The van der Waals surface area contributed by atoms with Crippen molar-refractivity contribution in [2.45, 2.75) is 84.2 Å². The summed E-state index contributed by atoms with van der Waals surface area (Å²) in [6.07, 6.45) is 7.03. The van der Waals surface area contributed by atoms with Gasteiger partial charge in [-0.15, -0.1) is 0 Å². The van der Waals surface area contributed by atoms with Crippen molar-refractivity contribution in [3.05, 3.63) is 65.8 Å². The molecule has 1 aliphatic heterocycles. The summed E-state index contributed by atoms with van der Waals surface area (Å²) >= 11 is 5.56. The van der Waals surface area contributed by atoms with Gasteiger partial charge in [0.1, 0.15) is 24.8 Å². The molecule has 2 heterocycles. The number of ether oxygens (including phenoxy) is 4. The second kappa shape index (κ2) is 16.4. The van der Waals surface area contributed by atoms with Crippen molar-refractivity contribution in [2.75, 3.05) is 27.9 Å². The number of nitrogens with zero attached hydrogens (tertiary/aromatic N) is 2. The first kappa shape index (κ1) is 39.2. The van der Waals surface area contributed by atoms with Crippen LogP contribution in [0.1, 0.15) is 70.7 Å². The highest BCUT2D eigenvalue weighted by Crippen LogP contribution is 2.61. The van der Waals surface area contributed by atoms with Crippen LogP contribution < -0.4 is 0 Å². The normalized spacial score (nSPS) is 31.1. The number of aliphatic hydroxyl groups is 1. The Bertz CT molecular complexity index is 1440. The first-order valence-electron chi connectivity index (χ1n) is 16.1. The number of thiocarbonyl (C=S) groups is 1. The first-order valence-corrected chi connectivity index (χ1v) is 16.5. The van der Waals surface area contributed by atoms with Crippen molar-refractivity contribution < 1.29 is 43.5 Å². The van der Waals surface area contributed by atoms with E-state index in [0.717, 1.165) is 23.9 Å². The number of carboxylic acid groups (broad SMARTS) is 1. The van der Waals surface area contributed by atoms with E-state index in [1.165, 1.54) is 6.92 Å². The maximum Gasteiger partial charge on any atom is 0.335 e. The van der Waals surface area contributed by atoms with E-state index in [0.29, 0.717) is 31.4 Å². The standard InChI is InChI=1S/C25H34N2O5S.C7H6O2.C2H6O.C2H4O/c1-14-6-7-25(29)11-16-15-12-31-17(15)10-18(32-22(33)27-9-8-26-13-27)24(16,4)21(28)20(30-5)19(14)23(25,2)3;8-7(9)6-4-2-1-3-5-6;1-3-2;1-2-3/h8-9,13,15-18,20,29H,6-7,10-12H2,1-5H3;1-5H,(H,8,9);1-2H3;2H,1H3. The number of aldehydes is 1. The predicted octanol–water partition coefficient (Wildman–Crippen LogP) is 5.15. The smallest absolute Gasteiger partial charge is 0.335 e. The number of fused-ring (bicyclic) bond motifs is 5. The van der Waals surface area contributed by atoms with Crippen LogP contribution >= 0.6 is 12.2 Å². The van der Waals surface area contributed by atoms with E-state index in [1.807, 2.05) is 6.92 Å². The van der Waals surface area contributed by atoms with Crippen LogP contribution in [0.2, 0.25) is 0 Å². The Balaban J connectivity index is 0.000000348. The van der Waals surface area contributed by atoms with Crippen LogP contribution in [-0.2, 0) is 28.5 Å². The molecule has 6 rings (SSSR count). The summed E-state index contributed by atoms with van der Waals surface area (Å²) in [7, 11) is 4.84. The summed E-state index contributed by atoms with van der Waals surface area (Å²) in [6.45, 7) is 10.2. The lowest BCUT2D eigenvalue weighted by Crippen LogP contribution is -2.69. The van der Waals surface area contributed by atoms with Gasteiger partial charge in [0, 0.05) is 51.5 Å². The van der Waals surface area contributed by atoms with Crippen molar-refractivity contribution >= 4 is 35.4 Å². The van der Waals surface area contributed by atoms with Crippen LogP contribution in [0.3, 0.4) is 0 Å². The molecule has 11 nitrogen and oxygen atoms in total. The SMILES string of the molecule is CC=O.COC.COC1C(=O)C2(C)C(OC(=S)n3ccnc3)CC3OCC3C2CC2(O)CCC(C)=C1C2(C)C.O=C(O)c1ccccc1. The van der Waals surface area contributed by atoms with Gasteiger partial charge < -0.3 is 34.0 Å². The summed E-state index contributed by atoms with van der Waals surface area (Å²) in [6, 6.07) is 8.30. The second-order valence-electron chi connectivity index (χ2n) is 13.4. The van der Waals surface area contributed by atoms with Crippen LogP contribution in [0, 0.1) is 22.7 Å². The van der Waals surface area contributed by atoms with Gasteiger partial charge in [-0.2, -0.15) is 0 Å². The number of rotatable bonds is 3. The molecule has 7 unspecified atom stereocenters. The van der Waals surface area contributed by atoms with Crippen LogP contribution in [0.5, 0.6) is 0 Å². The van der Waals surface area contributed by atoms with Crippen molar-refractivity contribution in [3.63, 3.8) is 0 Å². The molecule has 2 N–H and O–H groups in total. The molecule has 2 bridgehead atoms. The van der Waals surface area contributed by atoms with E-state index in [2.05, 4.69) is 30.5 Å². The van der Waals surface area contributed by atoms with E-state index < -0.39 is 34.6 Å². The molecule has 1 aromatic carbocycles. The maximum atomic E-state index is 14.5. The first-order chi connectivity index (χ1) is 22.7. The van der Waals surface area contributed by atoms with Crippen molar-refractivity contribution in [1.82, 2.24) is 9.55 Å². The predicted molar refractivity (Wildman–Crippen MR) is 184 cm³/mol. The molecule has 2 saturated carbocycles. The van der Waals surface area contributed by atoms with Gasteiger partial charge in [0.15, 0.2) is 5.78 Å². The van der Waals surface area contributed by atoms with E-state index in [4.69, 9.17) is 36.3 Å². The highest BCUT2D eigenvalue weighted by Gasteiger charge is 2.67. The molecule has 1 aromatic heterocycles. The zero-order chi connectivity index (χ0) is 35.9. The Labute approximate surface area is 288 Å². The number of hydrogen-bond donors (Lipinski definition) is 2. The summed E-state index contributed by atoms with van der Waals surface area (Å²) in [4.78, 5) is 37.5. The Kier molecular flexibility index (Phi) is 13.4. The number of carbonyl (C=O) groups is 3. The van der Waals surface area contributed by atoms with Gasteiger partial charge in [0.05, 0.1) is 29.3 Å². The molecule has 0 amide bonds. The lowest BCUT2D eigenvalue weighted by molar-refractivity contribution is -0.240. The average Bonchev–Trinajstić information content (AvgIpc) is 3.58. The van der Waals surface area contributed by atoms with E-state index >= 15 is 0 Å². The van der Waals surface area contributed by atoms with E-state index in [-0.39, 0.29) is 28.9 Å². The van der Waals surface area contributed by atoms with Gasteiger partial charge in [0.25, 0.3) is 5.17 Å². The minimum Gasteiger partial charge on any atom is -0.478 e. The fourth-order valence-corrected chi connectivity index (χ4v) is 7.87. The minimum absolute atomic E-state index is 0.000986. The summed E-state index contributed by atoms with van der Waals surface area (Å²) in [5, 5.41) is 20.8. The fourth-order valence-electron chi connectivity index (χ4n) is 7.64. The quantitative estimate of drug-likeness (QED) is 0.251. The van der Waals surface area contributed by atoms with Gasteiger partial charge in [-0.05, 0) is 75.9 Å². The van der Waals surface area contributed by atoms with Crippen LogP contribution in [0.15, 0.2) is 60.2 Å². The Morgan fingerprint density at radius 3 is 2.27 bits per heavy atom. The lowest BCUT2D eigenvalue weighted by Gasteiger charge is -2.62. The van der Waals surface area contributed by atoms with Crippen LogP contribution in [-0.4, -0.2) is 94.8 Å². The van der Waals surface area contributed by atoms with Crippen molar-refractivity contribution in [1.29, 1.82) is 0 Å². The summed E-state index contributed by atoms with van der Waals surface area (Å²) in [5.74, 6) is -0.762. The van der Waals surface area contributed by atoms with Gasteiger partial charge in [0.2, 0.25) is 0 Å². The number of allylic oxidation sites excluding steroid dienone is 1. The topological polar surface area (TPSA) is 146 Å². The zero-order valence-corrected chi connectivity index (χ0v) is 30.0. The number of Topliss-reactive ketones (excluding diaryl/α,β-unsaturated/α-hetero) is 1. The molecule has 3 fully saturated rings. The third-order valence-corrected chi connectivity index (χ3v) is 10.7. The molecular weight excluding hydrogens is 636 g/mol. The molecule has 12 heteroatoms. The van der Waals surface area contributed by atoms with Crippen LogP contribution in [0.25, 0.3) is 0 Å². The van der Waals surface area contributed by atoms with Gasteiger partial charge >= 0.3 is 5.97 Å². The Hall–Kier alpha value is -3.29. The highest BCUT2D eigenvalue weighted by atomic mass is 32.1. The molecule has 2 aromatic rings. The Morgan fingerprint density at radius 1 is 1.17 bits per heavy atom. The van der Waals surface area contributed by atoms with Crippen molar-refractivity contribution in [3.8, 4) is 0 Å². The number of carbonyl (C=O) groups excluding carboxylic acids is 2. The number of aromatic carboxylic acids is 1. The van der Waals surface area contributed by atoms with Gasteiger partial charge in [-0.25, -0.2) is 9.78 Å². The number of methoxy groups -OCH3 is 2. The summed E-state index contributed by atoms with van der Waals surface area (Å²) < 4.78 is 24.1. The van der Waals surface area contributed by atoms with E-state index in [9.17, 15) is 14.7 Å². The van der Waals surface area contributed by atoms with Crippen molar-refractivity contribution in [2.24, 2.45) is 22.7 Å². The molecule has 1 saturated heterocycles. The largest absolute Gasteiger partial charge is 0.478 e. The van der Waals surface area contributed by atoms with Gasteiger partial charge in [-0.3, -0.25) is 9.36 Å². The molecule has 4 aliphatic rings. The average molecular weight is 687 g/mol. The molecule has 0 spiro atoms. The monoisotopic (exact) mass is 686 g/mol. The number of hydrogen-bond acceptors (Lipinski definition) is 10. The van der Waals surface area contributed by atoms with E-state index in [1.54, 1.807) is 74.9 Å². The zero-order valence-electron chi connectivity index (χ0n) is 29.2. The lowest BCUT2D eigenvalue weighted by atomic mass is 9.47. The number of benzene rings is 1. The molecular formula is C36H50N2O9S. The molecule has 3 aliphatic carbocycles. The molecule has 264 valence electrons. The Morgan fingerprint density at radius 2 is 1.79 bits per heavy atom. The maximum absolute atomic E-state index is 14.5. The molecule has 7 atom stereocenters. The number of carboxylic acids is 1. The highest BCUT2D eigenvalue weighted by molar-refractivity contribution is 7.80. The number of imidazole rings is 1. The number of ketones is 1. The minimum atomic E-state index is -0.946. The van der Waals surface area contributed by atoms with Crippen LogP contribution in [0.4, 0.5) is 0 Å². The fraction of sp³-hybridized carbons (Fsp3) is 0.583. The third kappa shape index (κ3) is 7.63. The summed E-state index contributed by atoms with van der Waals surface area (Å²) in [5.41, 5.74) is -0.0165. The van der Waals surface area contributed by atoms with Gasteiger partial charge in [-0.1, -0.05) is 37.6 Å².